The van der Waals surface area contributed by atoms with Crippen LogP contribution >= 0.6 is 0 Å². The fourth-order valence-electron chi connectivity index (χ4n) is 6.03. The van der Waals surface area contributed by atoms with Gasteiger partial charge in [0.25, 0.3) is 0 Å². The molecular formula is C17H18O5. The van der Waals surface area contributed by atoms with Gasteiger partial charge in [-0.1, -0.05) is 6.07 Å². The lowest BCUT2D eigenvalue weighted by Gasteiger charge is -2.50. The number of hydrogen-bond acceptors (Lipinski definition) is 5. The molecule has 2 bridgehead atoms. The van der Waals surface area contributed by atoms with Crippen molar-refractivity contribution in [2.24, 2.45) is 5.92 Å². The van der Waals surface area contributed by atoms with Gasteiger partial charge in [0.15, 0.2) is 11.5 Å². The summed E-state index contributed by atoms with van der Waals surface area (Å²) in [5, 5.41) is 32.5. The van der Waals surface area contributed by atoms with Gasteiger partial charge < -0.3 is 20.1 Å². The number of aromatic hydroxyl groups is 1. The molecule has 0 amide bonds. The number of ether oxygens (including phenoxy) is 1. The van der Waals surface area contributed by atoms with Gasteiger partial charge in [-0.2, -0.15) is 0 Å². The van der Waals surface area contributed by atoms with Crippen molar-refractivity contribution in [2.45, 2.75) is 48.2 Å². The molecule has 5 atom stereocenters. The topological polar surface area (TPSA) is 87.0 Å². The Morgan fingerprint density at radius 1 is 1.36 bits per heavy atom. The van der Waals surface area contributed by atoms with Crippen molar-refractivity contribution in [3.8, 4) is 11.5 Å². The van der Waals surface area contributed by atoms with Crippen molar-refractivity contribution in [2.75, 3.05) is 7.11 Å². The van der Waals surface area contributed by atoms with Crippen LogP contribution in [-0.2, 0) is 15.6 Å². The lowest BCUT2D eigenvalue weighted by atomic mass is 9.58. The summed E-state index contributed by atoms with van der Waals surface area (Å²) in [4.78, 5) is 12.2. The Balaban J connectivity index is 1.84. The summed E-state index contributed by atoms with van der Waals surface area (Å²) in [6.45, 7) is 0. The van der Waals surface area contributed by atoms with Crippen LogP contribution in [0.2, 0.25) is 0 Å². The SMILES string of the molecule is COc1ccc2c(c1O)[C@@]13CC(=O)C[C@@H](O)[C@@]1(O)[C@@H]1C[C@@]21C3. The predicted molar refractivity (Wildman–Crippen MR) is 75.9 cm³/mol. The number of aliphatic hydroxyl groups is 2. The van der Waals surface area contributed by atoms with Crippen molar-refractivity contribution in [1.82, 2.24) is 0 Å². The van der Waals surface area contributed by atoms with Crippen molar-refractivity contribution in [3.05, 3.63) is 23.3 Å². The minimum absolute atomic E-state index is 0.00485. The fraction of sp³-hybridized carbons (Fsp3) is 0.588. The maximum Gasteiger partial charge on any atom is 0.161 e. The molecule has 22 heavy (non-hydrogen) atoms. The number of fused-ring (bicyclic) bond motifs is 2. The summed E-state index contributed by atoms with van der Waals surface area (Å²) in [6, 6.07) is 3.70. The van der Waals surface area contributed by atoms with E-state index in [0.717, 1.165) is 12.0 Å². The highest BCUT2D eigenvalue weighted by Gasteiger charge is 2.86. The first-order valence-electron chi connectivity index (χ1n) is 7.74. The molecule has 2 spiro atoms. The molecule has 0 heterocycles. The van der Waals surface area contributed by atoms with E-state index in [1.54, 1.807) is 6.07 Å². The van der Waals surface area contributed by atoms with Gasteiger partial charge in [-0.3, -0.25) is 4.79 Å². The van der Waals surface area contributed by atoms with Gasteiger partial charge >= 0.3 is 0 Å². The zero-order valence-corrected chi connectivity index (χ0v) is 12.3. The van der Waals surface area contributed by atoms with E-state index in [4.69, 9.17) is 4.74 Å². The molecule has 4 aliphatic carbocycles. The van der Waals surface area contributed by atoms with Gasteiger partial charge in [-0.25, -0.2) is 0 Å². The fourth-order valence-corrected chi connectivity index (χ4v) is 6.03. The second-order valence-electron chi connectivity index (χ2n) is 7.47. The number of benzene rings is 1. The molecule has 5 rings (SSSR count). The molecule has 116 valence electrons. The number of hydrogen-bond donors (Lipinski definition) is 3. The number of carbonyl (C=O) groups is 1. The molecule has 3 N–H and O–H groups in total. The summed E-state index contributed by atoms with van der Waals surface area (Å²) in [6.07, 6.45) is 0.592. The number of ketones is 1. The van der Waals surface area contributed by atoms with Crippen molar-refractivity contribution in [1.29, 1.82) is 0 Å². The van der Waals surface area contributed by atoms with Crippen LogP contribution < -0.4 is 4.74 Å². The van der Waals surface area contributed by atoms with E-state index < -0.39 is 17.1 Å². The molecule has 0 aromatic heterocycles. The Hall–Kier alpha value is -1.59. The molecule has 3 fully saturated rings. The molecule has 5 nitrogen and oxygen atoms in total. The Kier molecular flexibility index (Phi) is 1.96. The predicted octanol–water partition coefficient (Wildman–Crippen LogP) is 0.769. The second kappa shape index (κ2) is 3.34. The first-order valence-corrected chi connectivity index (χ1v) is 7.74. The number of rotatable bonds is 1. The first-order chi connectivity index (χ1) is 10.4. The highest BCUT2D eigenvalue weighted by Crippen LogP contribution is 2.83. The van der Waals surface area contributed by atoms with Gasteiger partial charge in [0.1, 0.15) is 11.4 Å². The van der Waals surface area contributed by atoms with Crippen LogP contribution in [0.25, 0.3) is 0 Å². The quantitative estimate of drug-likeness (QED) is 0.713. The number of methoxy groups -OCH3 is 1. The smallest absolute Gasteiger partial charge is 0.161 e. The van der Waals surface area contributed by atoms with Crippen LogP contribution in [-0.4, -0.2) is 39.9 Å². The molecule has 0 saturated heterocycles. The lowest BCUT2D eigenvalue weighted by Crippen LogP contribution is -2.62. The molecular weight excluding hydrogens is 284 g/mol. The maximum atomic E-state index is 12.2. The summed E-state index contributed by atoms with van der Waals surface area (Å²) in [5.41, 5.74) is -0.687. The number of carbonyl (C=O) groups excluding carboxylic acids is 1. The number of phenols is 1. The van der Waals surface area contributed by atoms with Crippen molar-refractivity contribution in [3.63, 3.8) is 0 Å². The van der Waals surface area contributed by atoms with Crippen molar-refractivity contribution >= 4 is 5.78 Å². The van der Waals surface area contributed by atoms with E-state index in [2.05, 4.69) is 0 Å². The average Bonchev–Trinajstić information content (AvgIpc) is 3.06. The molecule has 0 radical (unpaired) electrons. The van der Waals surface area contributed by atoms with Crippen LogP contribution in [0, 0.1) is 5.92 Å². The molecule has 4 aliphatic rings. The van der Waals surface area contributed by atoms with E-state index in [1.807, 2.05) is 6.07 Å². The van der Waals surface area contributed by atoms with Crippen LogP contribution in [0.5, 0.6) is 11.5 Å². The first kappa shape index (κ1) is 12.9. The highest BCUT2D eigenvalue weighted by molar-refractivity contribution is 5.85. The van der Waals surface area contributed by atoms with E-state index in [9.17, 15) is 20.1 Å². The zero-order valence-electron chi connectivity index (χ0n) is 12.3. The normalized spacial score (nSPS) is 47.0. The highest BCUT2D eigenvalue weighted by atomic mass is 16.5. The number of aliphatic hydroxyl groups excluding tert-OH is 1. The Morgan fingerprint density at radius 3 is 2.86 bits per heavy atom. The van der Waals surface area contributed by atoms with Gasteiger partial charge in [-0.05, 0) is 24.5 Å². The van der Waals surface area contributed by atoms with E-state index in [0.29, 0.717) is 17.7 Å². The van der Waals surface area contributed by atoms with Crippen LogP contribution in [0.4, 0.5) is 0 Å². The van der Waals surface area contributed by atoms with Gasteiger partial charge in [-0.15, -0.1) is 0 Å². The van der Waals surface area contributed by atoms with Crippen molar-refractivity contribution < 1.29 is 24.9 Å². The maximum absolute atomic E-state index is 12.2. The third kappa shape index (κ3) is 1.01. The monoisotopic (exact) mass is 302 g/mol. The lowest BCUT2D eigenvalue weighted by molar-refractivity contribution is -0.165. The summed E-state index contributed by atoms with van der Waals surface area (Å²) in [7, 11) is 1.48. The summed E-state index contributed by atoms with van der Waals surface area (Å²) < 4.78 is 5.21. The molecule has 0 unspecified atom stereocenters. The third-order valence-electron chi connectivity index (χ3n) is 6.79. The summed E-state index contributed by atoms with van der Waals surface area (Å²) >= 11 is 0. The van der Waals surface area contributed by atoms with E-state index in [-0.39, 0.29) is 35.7 Å². The van der Waals surface area contributed by atoms with E-state index >= 15 is 0 Å². The largest absolute Gasteiger partial charge is 0.504 e. The molecule has 3 saturated carbocycles. The molecule has 1 aromatic carbocycles. The number of Topliss-reactive ketones (excluding diaryl/α,β-unsaturated/α-hetero) is 1. The minimum Gasteiger partial charge on any atom is -0.504 e. The van der Waals surface area contributed by atoms with Gasteiger partial charge in [0, 0.05) is 35.2 Å². The zero-order chi connectivity index (χ0) is 15.5. The Morgan fingerprint density at radius 2 is 2.14 bits per heavy atom. The van der Waals surface area contributed by atoms with Gasteiger partial charge in [0.05, 0.1) is 13.2 Å². The molecule has 1 aromatic rings. The minimum atomic E-state index is -1.31. The molecule has 5 heteroatoms. The molecule has 0 aliphatic heterocycles. The third-order valence-corrected chi connectivity index (χ3v) is 6.79. The summed E-state index contributed by atoms with van der Waals surface area (Å²) in [5.74, 6) is 0.304. The number of phenolic OH excluding ortho intramolecular Hbond substituents is 1. The standard InChI is InChI=1S/C17H18O5/c1-22-10-3-2-9-13(14(10)20)16-5-8(18)4-12(19)17(16,21)11-6-15(9,11)7-16/h2-3,11-12,19-21H,4-7H2,1H3/t11-,12-,15-,16+,17+/m1/s1. The van der Waals surface area contributed by atoms with Crippen LogP contribution in [0.3, 0.4) is 0 Å². The average molecular weight is 302 g/mol. The second-order valence-corrected chi connectivity index (χ2v) is 7.47. The van der Waals surface area contributed by atoms with Crippen LogP contribution in [0.1, 0.15) is 36.8 Å². The van der Waals surface area contributed by atoms with Gasteiger partial charge in [0.2, 0.25) is 0 Å². The van der Waals surface area contributed by atoms with E-state index in [1.165, 1.54) is 7.11 Å². The van der Waals surface area contributed by atoms with Crippen LogP contribution in [0.15, 0.2) is 12.1 Å². The Bertz CT molecular complexity index is 743. The Labute approximate surface area is 127 Å².